The maximum atomic E-state index is 14.3. The van der Waals surface area contributed by atoms with E-state index in [2.05, 4.69) is 10.4 Å². The first kappa shape index (κ1) is 21.9. The number of aromatic nitrogens is 3. The molecule has 4 aromatic rings. The molecule has 0 aliphatic carbocycles. The highest BCUT2D eigenvalue weighted by Gasteiger charge is 2.22. The summed E-state index contributed by atoms with van der Waals surface area (Å²) in [4.78, 5) is 39.3. The van der Waals surface area contributed by atoms with Gasteiger partial charge in [0.25, 0.3) is 11.5 Å². The zero-order valence-electron chi connectivity index (χ0n) is 17.8. The highest BCUT2D eigenvalue weighted by atomic mass is 19.1. The van der Waals surface area contributed by atoms with Crippen molar-refractivity contribution in [1.82, 2.24) is 19.7 Å². The van der Waals surface area contributed by atoms with E-state index in [1.807, 2.05) is 30.3 Å². The van der Waals surface area contributed by atoms with Crippen LogP contribution in [0.3, 0.4) is 0 Å². The van der Waals surface area contributed by atoms with Crippen molar-refractivity contribution in [3.05, 3.63) is 128 Å². The van der Waals surface area contributed by atoms with Gasteiger partial charge in [-0.05, 0) is 30.7 Å². The minimum Gasteiger partial charge on any atom is -0.344 e. The summed E-state index contributed by atoms with van der Waals surface area (Å²) in [5.41, 5.74) is -0.775. The third kappa shape index (κ3) is 4.64. The molecule has 1 atom stereocenters. The molecule has 8 heteroatoms. The lowest BCUT2D eigenvalue weighted by atomic mass is 10.1. The predicted octanol–water partition coefficient (Wildman–Crippen LogP) is 3.07. The molecule has 0 spiro atoms. The van der Waals surface area contributed by atoms with Gasteiger partial charge in [0.1, 0.15) is 5.82 Å². The maximum absolute atomic E-state index is 14.3. The van der Waals surface area contributed by atoms with Crippen LogP contribution in [0.15, 0.2) is 94.5 Å². The molecule has 0 saturated carbocycles. The number of benzene rings is 3. The number of hydrogen-bond acceptors (Lipinski definition) is 4. The van der Waals surface area contributed by atoms with Gasteiger partial charge in [-0.2, -0.15) is 9.78 Å². The minimum atomic E-state index is -0.895. The summed E-state index contributed by atoms with van der Waals surface area (Å²) in [6, 6.07) is 23.1. The normalized spacial score (nSPS) is 11.7. The third-order valence-corrected chi connectivity index (χ3v) is 5.21. The number of carbonyl (C=O) groups excluding carboxylic acids is 1. The number of carbonyl (C=O) groups is 1. The van der Waals surface area contributed by atoms with Gasteiger partial charge in [-0.15, -0.1) is 0 Å². The Balaban J connectivity index is 1.81. The Hall–Kier alpha value is -4.33. The van der Waals surface area contributed by atoms with Crippen LogP contribution in [0.5, 0.6) is 0 Å². The van der Waals surface area contributed by atoms with Crippen molar-refractivity contribution in [3.63, 3.8) is 0 Å². The number of nitrogens with zero attached hydrogens (tertiary/aromatic N) is 3. The fraction of sp³-hybridized carbons (Fsp3) is 0.120. The number of halogens is 1. The lowest BCUT2D eigenvalue weighted by molar-refractivity contribution is 0.0930. The lowest BCUT2D eigenvalue weighted by Crippen LogP contribution is -2.46. The van der Waals surface area contributed by atoms with Crippen molar-refractivity contribution in [2.24, 2.45) is 0 Å². The summed E-state index contributed by atoms with van der Waals surface area (Å²) in [5.74, 6) is -1.29. The molecule has 33 heavy (non-hydrogen) atoms. The second kappa shape index (κ2) is 9.44. The highest BCUT2D eigenvalue weighted by molar-refractivity contribution is 5.92. The molecule has 166 valence electrons. The predicted molar refractivity (Wildman–Crippen MR) is 122 cm³/mol. The van der Waals surface area contributed by atoms with E-state index in [9.17, 15) is 18.8 Å². The monoisotopic (exact) mass is 444 g/mol. The van der Waals surface area contributed by atoms with Gasteiger partial charge in [-0.25, -0.2) is 9.18 Å². The summed E-state index contributed by atoms with van der Waals surface area (Å²) >= 11 is 0. The van der Waals surface area contributed by atoms with Crippen LogP contribution in [-0.4, -0.2) is 20.3 Å². The van der Waals surface area contributed by atoms with Crippen LogP contribution in [0.4, 0.5) is 4.39 Å². The van der Waals surface area contributed by atoms with Crippen molar-refractivity contribution in [1.29, 1.82) is 0 Å². The minimum absolute atomic E-state index is 0.145. The SMILES string of the molecule is CC(NC(=O)c1nn(-c2ccccc2)c(=O)n(Cc2ccccc2F)c1=O)c1ccccc1. The Labute approximate surface area is 188 Å². The van der Waals surface area contributed by atoms with Gasteiger partial charge in [0, 0.05) is 5.56 Å². The van der Waals surface area contributed by atoms with Crippen LogP contribution in [-0.2, 0) is 6.54 Å². The first-order chi connectivity index (χ1) is 16.0. The molecule has 0 radical (unpaired) electrons. The van der Waals surface area contributed by atoms with E-state index < -0.39 is 34.7 Å². The van der Waals surface area contributed by atoms with Crippen molar-refractivity contribution < 1.29 is 9.18 Å². The Morgan fingerprint density at radius 1 is 0.939 bits per heavy atom. The van der Waals surface area contributed by atoms with Crippen LogP contribution < -0.4 is 16.6 Å². The molecule has 0 aliphatic rings. The van der Waals surface area contributed by atoms with Gasteiger partial charge in [0.2, 0.25) is 5.69 Å². The van der Waals surface area contributed by atoms with Gasteiger partial charge in [-0.1, -0.05) is 66.7 Å². The van der Waals surface area contributed by atoms with E-state index in [0.717, 1.165) is 14.8 Å². The fourth-order valence-corrected chi connectivity index (χ4v) is 3.42. The summed E-state index contributed by atoms with van der Waals surface area (Å²) < 4.78 is 16.1. The van der Waals surface area contributed by atoms with E-state index >= 15 is 0 Å². The molecule has 4 rings (SSSR count). The van der Waals surface area contributed by atoms with Crippen LogP contribution in [0.2, 0.25) is 0 Å². The number of para-hydroxylation sites is 1. The number of hydrogen-bond donors (Lipinski definition) is 1. The molecule has 1 heterocycles. The quantitative estimate of drug-likeness (QED) is 0.495. The first-order valence-corrected chi connectivity index (χ1v) is 10.3. The average Bonchev–Trinajstić information content (AvgIpc) is 2.84. The van der Waals surface area contributed by atoms with Crippen LogP contribution in [0.1, 0.15) is 34.6 Å². The molecule has 0 aliphatic heterocycles. The van der Waals surface area contributed by atoms with Gasteiger partial charge in [0.15, 0.2) is 0 Å². The number of rotatable bonds is 6. The van der Waals surface area contributed by atoms with Crippen LogP contribution >= 0.6 is 0 Å². The summed E-state index contributed by atoms with van der Waals surface area (Å²) in [5, 5.41) is 6.83. The molecular formula is C25H21FN4O3. The van der Waals surface area contributed by atoms with Gasteiger partial charge < -0.3 is 5.32 Å². The van der Waals surface area contributed by atoms with Crippen molar-refractivity contribution in [2.75, 3.05) is 0 Å². The standard InChI is InChI=1S/C25H21FN4O3/c1-17(18-10-4-2-5-11-18)27-23(31)22-24(32)29(16-19-12-8-9-15-21(19)26)25(33)30(28-22)20-13-6-3-7-14-20/h2-15,17H,16H2,1H3,(H,27,31). The fourth-order valence-electron chi connectivity index (χ4n) is 3.42. The van der Waals surface area contributed by atoms with E-state index in [1.165, 1.54) is 18.2 Å². The van der Waals surface area contributed by atoms with Gasteiger partial charge in [0.05, 0.1) is 18.3 Å². The maximum Gasteiger partial charge on any atom is 0.352 e. The molecule has 1 N–H and O–H groups in total. The molecule has 0 bridgehead atoms. The van der Waals surface area contributed by atoms with Crippen LogP contribution in [0.25, 0.3) is 5.69 Å². The van der Waals surface area contributed by atoms with Crippen molar-refractivity contribution in [2.45, 2.75) is 19.5 Å². The second-order valence-electron chi connectivity index (χ2n) is 7.47. The van der Waals surface area contributed by atoms with Crippen molar-refractivity contribution in [3.8, 4) is 5.69 Å². The molecule has 3 aromatic carbocycles. The molecule has 1 aromatic heterocycles. The molecule has 7 nitrogen and oxygen atoms in total. The molecule has 1 unspecified atom stereocenters. The smallest absolute Gasteiger partial charge is 0.344 e. The lowest BCUT2D eigenvalue weighted by Gasteiger charge is -2.16. The molecule has 0 saturated heterocycles. The van der Waals surface area contributed by atoms with E-state index in [-0.39, 0.29) is 12.1 Å². The number of amides is 1. The van der Waals surface area contributed by atoms with E-state index in [4.69, 9.17) is 0 Å². The number of nitrogens with one attached hydrogen (secondary N) is 1. The van der Waals surface area contributed by atoms with Crippen LogP contribution in [0, 0.1) is 5.82 Å². The molecular weight excluding hydrogens is 423 g/mol. The molecule has 0 fully saturated rings. The highest BCUT2D eigenvalue weighted by Crippen LogP contribution is 2.12. The summed E-state index contributed by atoms with van der Waals surface area (Å²) in [6.45, 7) is 1.44. The zero-order valence-corrected chi connectivity index (χ0v) is 17.8. The third-order valence-electron chi connectivity index (χ3n) is 5.21. The summed E-state index contributed by atoms with van der Waals surface area (Å²) in [7, 11) is 0. The first-order valence-electron chi connectivity index (χ1n) is 10.3. The second-order valence-corrected chi connectivity index (χ2v) is 7.47. The average molecular weight is 444 g/mol. The van der Waals surface area contributed by atoms with Gasteiger partial charge in [-0.3, -0.25) is 14.2 Å². The Morgan fingerprint density at radius 2 is 1.55 bits per heavy atom. The van der Waals surface area contributed by atoms with E-state index in [0.29, 0.717) is 5.69 Å². The van der Waals surface area contributed by atoms with E-state index in [1.54, 1.807) is 43.3 Å². The Bertz CT molecular complexity index is 1400. The van der Waals surface area contributed by atoms with Crippen molar-refractivity contribution >= 4 is 5.91 Å². The largest absolute Gasteiger partial charge is 0.352 e. The van der Waals surface area contributed by atoms with Gasteiger partial charge >= 0.3 is 5.69 Å². The Kier molecular flexibility index (Phi) is 6.26. The molecule has 1 amide bonds. The zero-order chi connectivity index (χ0) is 23.4. The summed E-state index contributed by atoms with van der Waals surface area (Å²) in [6.07, 6.45) is 0. The Morgan fingerprint density at radius 3 is 2.21 bits per heavy atom. The topological polar surface area (TPSA) is 86.0 Å².